The Morgan fingerprint density at radius 2 is 2.06 bits per heavy atom. The quantitative estimate of drug-likeness (QED) is 0.798. The fraction of sp³-hybridized carbons (Fsp3) is 0.667. The average molecular weight is 298 g/mol. The molecule has 2 heterocycles. The number of halogens is 4. The molecule has 0 aliphatic carbocycles. The summed E-state index contributed by atoms with van der Waals surface area (Å²) in [6.45, 7) is 4.30. The van der Waals surface area contributed by atoms with E-state index in [-0.39, 0.29) is 16.7 Å². The van der Waals surface area contributed by atoms with Gasteiger partial charge in [-0.05, 0) is 29.8 Å². The van der Waals surface area contributed by atoms with Gasteiger partial charge in [-0.2, -0.15) is 13.2 Å². The maximum absolute atomic E-state index is 12.7. The standard InChI is InChI=1S/C9H11BrF3N3/c1-4-3-14-5(2)8-15-6(9(11,12)13)7(10)16(4)8/h4-5,14H,3H2,1-2H3/t4-,5+/m1/s1. The highest BCUT2D eigenvalue weighted by Gasteiger charge is 2.40. The number of alkyl halides is 3. The number of aromatic nitrogens is 2. The molecule has 3 nitrogen and oxygen atoms in total. The first-order valence-electron chi connectivity index (χ1n) is 4.90. The fourth-order valence-corrected chi connectivity index (χ4v) is 2.71. The van der Waals surface area contributed by atoms with Crippen LogP contribution in [0.3, 0.4) is 0 Å². The number of nitrogens with zero attached hydrogens (tertiary/aromatic N) is 2. The van der Waals surface area contributed by atoms with Crippen molar-refractivity contribution in [2.75, 3.05) is 6.54 Å². The predicted octanol–water partition coefficient (Wildman–Crippen LogP) is 2.89. The van der Waals surface area contributed by atoms with Crippen molar-refractivity contribution in [3.05, 3.63) is 16.1 Å². The first-order chi connectivity index (χ1) is 7.32. The second kappa shape index (κ2) is 3.73. The molecule has 1 N–H and O–H groups in total. The van der Waals surface area contributed by atoms with Crippen LogP contribution in [0.2, 0.25) is 0 Å². The lowest BCUT2D eigenvalue weighted by molar-refractivity contribution is -0.141. The van der Waals surface area contributed by atoms with Gasteiger partial charge in [0.1, 0.15) is 10.4 Å². The number of fused-ring (bicyclic) bond motifs is 1. The van der Waals surface area contributed by atoms with Gasteiger partial charge in [0.25, 0.3) is 0 Å². The predicted molar refractivity (Wildman–Crippen MR) is 56.1 cm³/mol. The highest BCUT2D eigenvalue weighted by Crippen LogP contribution is 2.38. The largest absolute Gasteiger partial charge is 0.436 e. The molecular formula is C9H11BrF3N3. The van der Waals surface area contributed by atoms with Gasteiger partial charge in [0.15, 0.2) is 5.69 Å². The molecule has 1 aliphatic rings. The minimum Gasteiger partial charge on any atom is -0.317 e. The first-order valence-corrected chi connectivity index (χ1v) is 5.70. The minimum atomic E-state index is -4.41. The molecule has 1 aliphatic heterocycles. The monoisotopic (exact) mass is 297 g/mol. The molecule has 0 fully saturated rings. The summed E-state index contributed by atoms with van der Waals surface area (Å²) in [6.07, 6.45) is -4.41. The molecule has 0 saturated heterocycles. The van der Waals surface area contributed by atoms with E-state index >= 15 is 0 Å². The average Bonchev–Trinajstić information content (AvgIpc) is 2.51. The maximum atomic E-state index is 12.7. The highest BCUT2D eigenvalue weighted by atomic mass is 79.9. The summed E-state index contributed by atoms with van der Waals surface area (Å²) < 4.78 is 39.6. The van der Waals surface area contributed by atoms with Crippen LogP contribution in [0.25, 0.3) is 0 Å². The van der Waals surface area contributed by atoms with Gasteiger partial charge in [-0.3, -0.25) is 0 Å². The van der Waals surface area contributed by atoms with E-state index in [1.165, 1.54) is 0 Å². The molecule has 2 atom stereocenters. The molecule has 0 radical (unpaired) electrons. The summed E-state index contributed by atoms with van der Waals surface area (Å²) in [5.74, 6) is 0.429. The van der Waals surface area contributed by atoms with E-state index < -0.39 is 11.9 Å². The molecule has 7 heteroatoms. The lowest BCUT2D eigenvalue weighted by Crippen LogP contribution is -2.34. The van der Waals surface area contributed by atoms with E-state index in [0.717, 1.165) is 0 Å². The zero-order valence-electron chi connectivity index (χ0n) is 8.77. The Hall–Kier alpha value is -0.560. The Morgan fingerprint density at radius 3 is 2.56 bits per heavy atom. The van der Waals surface area contributed by atoms with Crippen LogP contribution in [-0.4, -0.2) is 16.1 Å². The van der Waals surface area contributed by atoms with Gasteiger partial charge >= 0.3 is 6.18 Å². The van der Waals surface area contributed by atoms with E-state index in [4.69, 9.17) is 0 Å². The van der Waals surface area contributed by atoms with Crippen LogP contribution in [0, 0.1) is 0 Å². The Labute approximate surface area is 99.2 Å². The van der Waals surface area contributed by atoms with Crippen molar-refractivity contribution in [2.24, 2.45) is 0 Å². The molecule has 0 amide bonds. The summed E-state index contributed by atoms with van der Waals surface area (Å²) in [5.41, 5.74) is -0.843. The SMILES string of the molecule is C[C@@H]1NC[C@@H](C)n2c1nc(C(F)(F)F)c2Br. The maximum Gasteiger partial charge on any atom is 0.436 e. The lowest BCUT2D eigenvalue weighted by atomic mass is 10.2. The topological polar surface area (TPSA) is 29.9 Å². The number of hydrogen-bond donors (Lipinski definition) is 1. The molecule has 1 aromatic heterocycles. The van der Waals surface area contributed by atoms with Crippen molar-refractivity contribution in [3.8, 4) is 0 Å². The summed E-state index contributed by atoms with van der Waals surface area (Å²) in [6, 6.07) is -0.201. The summed E-state index contributed by atoms with van der Waals surface area (Å²) in [4.78, 5) is 3.68. The van der Waals surface area contributed by atoms with Crippen LogP contribution < -0.4 is 5.32 Å². The number of hydrogen-bond acceptors (Lipinski definition) is 2. The van der Waals surface area contributed by atoms with Gasteiger partial charge in [0, 0.05) is 12.6 Å². The molecular weight excluding hydrogens is 287 g/mol. The highest BCUT2D eigenvalue weighted by molar-refractivity contribution is 9.10. The molecule has 90 valence electrons. The first kappa shape index (κ1) is 11.9. The number of rotatable bonds is 0. The lowest BCUT2D eigenvalue weighted by Gasteiger charge is -2.28. The molecule has 0 aromatic carbocycles. The smallest absolute Gasteiger partial charge is 0.317 e. The van der Waals surface area contributed by atoms with Gasteiger partial charge < -0.3 is 9.88 Å². The van der Waals surface area contributed by atoms with E-state index in [1.807, 2.05) is 6.92 Å². The normalized spacial score (nSPS) is 25.6. The summed E-state index contributed by atoms with van der Waals surface area (Å²) >= 11 is 2.99. The second-order valence-corrected chi connectivity index (χ2v) is 4.71. The molecule has 16 heavy (non-hydrogen) atoms. The van der Waals surface area contributed by atoms with E-state index in [9.17, 15) is 13.2 Å². The van der Waals surface area contributed by atoms with Gasteiger partial charge in [-0.15, -0.1) is 0 Å². The molecule has 0 unspecified atom stereocenters. The van der Waals surface area contributed by atoms with Crippen LogP contribution >= 0.6 is 15.9 Å². The van der Waals surface area contributed by atoms with Crippen LogP contribution in [-0.2, 0) is 6.18 Å². The van der Waals surface area contributed by atoms with Crippen LogP contribution in [0.15, 0.2) is 4.60 Å². The summed E-state index contributed by atoms with van der Waals surface area (Å²) in [5, 5.41) is 3.11. The third-order valence-electron chi connectivity index (χ3n) is 2.70. The molecule has 0 saturated carbocycles. The molecule has 1 aromatic rings. The molecule has 0 spiro atoms. The zero-order valence-corrected chi connectivity index (χ0v) is 10.4. The fourth-order valence-electron chi connectivity index (χ4n) is 1.86. The molecule has 0 bridgehead atoms. The zero-order chi connectivity index (χ0) is 12.1. The second-order valence-electron chi connectivity index (χ2n) is 3.96. The van der Waals surface area contributed by atoms with Crippen molar-refractivity contribution in [3.63, 3.8) is 0 Å². The number of nitrogens with one attached hydrogen (secondary N) is 1. The van der Waals surface area contributed by atoms with Crippen molar-refractivity contribution in [1.29, 1.82) is 0 Å². The third kappa shape index (κ3) is 1.75. The Balaban J connectivity index is 2.58. The van der Waals surface area contributed by atoms with E-state index in [2.05, 4.69) is 26.2 Å². The van der Waals surface area contributed by atoms with Gasteiger partial charge in [0.05, 0.1) is 6.04 Å². The van der Waals surface area contributed by atoms with Crippen LogP contribution in [0.5, 0.6) is 0 Å². The van der Waals surface area contributed by atoms with Crippen LogP contribution in [0.4, 0.5) is 13.2 Å². The Bertz CT molecular complexity index is 413. The van der Waals surface area contributed by atoms with Gasteiger partial charge in [0.2, 0.25) is 0 Å². The Kier molecular flexibility index (Phi) is 2.78. The summed E-state index contributed by atoms with van der Waals surface area (Å²) in [7, 11) is 0. The van der Waals surface area contributed by atoms with Crippen molar-refractivity contribution >= 4 is 15.9 Å². The van der Waals surface area contributed by atoms with Crippen molar-refractivity contribution in [2.45, 2.75) is 32.1 Å². The Morgan fingerprint density at radius 1 is 1.44 bits per heavy atom. The van der Waals surface area contributed by atoms with E-state index in [1.54, 1.807) is 11.5 Å². The van der Waals surface area contributed by atoms with Crippen molar-refractivity contribution in [1.82, 2.24) is 14.9 Å². The van der Waals surface area contributed by atoms with Crippen LogP contribution in [0.1, 0.15) is 37.4 Å². The minimum absolute atomic E-state index is 0.0239. The third-order valence-corrected chi connectivity index (χ3v) is 3.45. The molecule has 2 rings (SSSR count). The van der Waals surface area contributed by atoms with Crippen molar-refractivity contribution < 1.29 is 13.2 Å². The van der Waals surface area contributed by atoms with Gasteiger partial charge in [-0.25, -0.2) is 4.98 Å². The number of imidazole rings is 1. The van der Waals surface area contributed by atoms with E-state index in [0.29, 0.717) is 12.4 Å². The van der Waals surface area contributed by atoms with Gasteiger partial charge in [-0.1, -0.05) is 0 Å².